The Bertz CT molecular complexity index is 468. The van der Waals surface area contributed by atoms with Crippen LogP contribution < -0.4 is 15.4 Å². The van der Waals surface area contributed by atoms with Crippen LogP contribution in [0.15, 0.2) is 41.8 Å². The molecule has 0 saturated heterocycles. The molecule has 1 aromatic heterocycles. The van der Waals surface area contributed by atoms with Gasteiger partial charge in [0.15, 0.2) is 0 Å². The lowest BCUT2D eigenvalue weighted by molar-refractivity contribution is 0.317. The molecule has 0 radical (unpaired) electrons. The summed E-state index contributed by atoms with van der Waals surface area (Å²) in [5, 5.41) is 8.92. The first-order valence-electron chi connectivity index (χ1n) is 7.08. The standard InChI is InChI=1S/C16H22N2OS/c1-2-11-19-15-7-5-14(6-8-15)18-10-9-17-13-16-4-3-12-20-16/h3-8,12,17-18H,2,9-11,13H2,1H3. The van der Waals surface area contributed by atoms with Crippen LogP contribution in [0.1, 0.15) is 18.2 Å². The summed E-state index contributed by atoms with van der Waals surface area (Å²) in [5.41, 5.74) is 1.13. The summed E-state index contributed by atoms with van der Waals surface area (Å²) in [4.78, 5) is 1.38. The summed E-state index contributed by atoms with van der Waals surface area (Å²) in [6, 6.07) is 12.4. The smallest absolute Gasteiger partial charge is 0.119 e. The van der Waals surface area contributed by atoms with Crippen LogP contribution in [0, 0.1) is 0 Å². The number of nitrogens with one attached hydrogen (secondary N) is 2. The molecule has 108 valence electrons. The molecule has 0 fully saturated rings. The summed E-state index contributed by atoms with van der Waals surface area (Å²) in [7, 11) is 0. The quantitative estimate of drug-likeness (QED) is 0.690. The molecule has 0 aliphatic carbocycles. The summed E-state index contributed by atoms with van der Waals surface area (Å²) >= 11 is 1.79. The van der Waals surface area contributed by atoms with Crippen LogP contribution in [-0.4, -0.2) is 19.7 Å². The molecule has 1 heterocycles. The van der Waals surface area contributed by atoms with E-state index in [1.165, 1.54) is 4.88 Å². The van der Waals surface area contributed by atoms with Crippen molar-refractivity contribution >= 4 is 17.0 Å². The molecule has 2 N–H and O–H groups in total. The predicted molar refractivity (Wildman–Crippen MR) is 86.7 cm³/mol. The Morgan fingerprint density at radius 1 is 1.10 bits per heavy atom. The fourth-order valence-electron chi connectivity index (χ4n) is 1.81. The molecule has 0 aliphatic rings. The number of hydrogen-bond acceptors (Lipinski definition) is 4. The highest BCUT2D eigenvalue weighted by atomic mass is 32.1. The van der Waals surface area contributed by atoms with Gasteiger partial charge in [-0.05, 0) is 42.1 Å². The third-order valence-electron chi connectivity index (χ3n) is 2.84. The Morgan fingerprint density at radius 2 is 1.95 bits per heavy atom. The van der Waals surface area contributed by atoms with Crippen molar-refractivity contribution in [2.45, 2.75) is 19.9 Å². The van der Waals surface area contributed by atoms with Crippen molar-refractivity contribution in [1.29, 1.82) is 0 Å². The van der Waals surface area contributed by atoms with Crippen LogP contribution >= 0.6 is 11.3 Å². The van der Waals surface area contributed by atoms with Gasteiger partial charge >= 0.3 is 0 Å². The van der Waals surface area contributed by atoms with Crippen LogP contribution in [0.2, 0.25) is 0 Å². The van der Waals surface area contributed by atoms with Crippen molar-refractivity contribution in [3.63, 3.8) is 0 Å². The van der Waals surface area contributed by atoms with Crippen LogP contribution in [0.5, 0.6) is 5.75 Å². The van der Waals surface area contributed by atoms with Gasteiger partial charge in [0.05, 0.1) is 6.61 Å². The Balaban J connectivity index is 1.61. The highest BCUT2D eigenvalue weighted by molar-refractivity contribution is 7.09. The molecular formula is C16H22N2OS. The van der Waals surface area contributed by atoms with Crippen LogP contribution in [0.25, 0.3) is 0 Å². The highest BCUT2D eigenvalue weighted by Gasteiger charge is 1.95. The molecule has 0 spiro atoms. The second-order valence-electron chi connectivity index (χ2n) is 4.56. The van der Waals surface area contributed by atoms with Gasteiger partial charge in [0.2, 0.25) is 0 Å². The first kappa shape index (κ1) is 14.9. The highest BCUT2D eigenvalue weighted by Crippen LogP contribution is 2.15. The van der Waals surface area contributed by atoms with E-state index in [1.807, 2.05) is 12.1 Å². The molecule has 3 nitrogen and oxygen atoms in total. The summed E-state index contributed by atoms with van der Waals surface area (Å²) in [6.07, 6.45) is 1.04. The minimum absolute atomic E-state index is 0.777. The van der Waals surface area contributed by atoms with Gasteiger partial charge in [0, 0.05) is 30.2 Å². The van der Waals surface area contributed by atoms with E-state index in [4.69, 9.17) is 4.74 Å². The van der Waals surface area contributed by atoms with Gasteiger partial charge in [0.1, 0.15) is 5.75 Å². The minimum Gasteiger partial charge on any atom is -0.494 e. The monoisotopic (exact) mass is 290 g/mol. The molecule has 0 amide bonds. The number of ether oxygens (including phenoxy) is 1. The SMILES string of the molecule is CCCOc1ccc(NCCNCc2cccs2)cc1. The Morgan fingerprint density at radius 3 is 2.65 bits per heavy atom. The van der Waals surface area contributed by atoms with Crippen LogP contribution in [0.3, 0.4) is 0 Å². The number of thiophene rings is 1. The van der Waals surface area contributed by atoms with Gasteiger partial charge in [-0.2, -0.15) is 0 Å². The Hall–Kier alpha value is -1.52. The lowest BCUT2D eigenvalue weighted by atomic mass is 10.3. The molecule has 0 bridgehead atoms. The summed E-state index contributed by atoms with van der Waals surface area (Å²) < 4.78 is 5.56. The third kappa shape index (κ3) is 5.23. The van der Waals surface area contributed by atoms with Crippen molar-refractivity contribution in [2.24, 2.45) is 0 Å². The zero-order valence-corrected chi connectivity index (χ0v) is 12.7. The largest absolute Gasteiger partial charge is 0.494 e. The van der Waals surface area contributed by atoms with E-state index in [2.05, 4.69) is 47.2 Å². The topological polar surface area (TPSA) is 33.3 Å². The van der Waals surface area contributed by atoms with Gasteiger partial charge in [-0.25, -0.2) is 0 Å². The molecule has 2 aromatic rings. The van der Waals surface area contributed by atoms with Gasteiger partial charge in [-0.1, -0.05) is 13.0 Å². The zero-order valence-electron chi connectivity index (χ0n) is 11.9. The van der Waals surface area contributed by atoms with Gasteiger partial charge in [-0.15, -0.1) is 11.3 Å². The molecule has 0 saturated carbocycles. The lowest BCUT2D eigenvalue weighted by Crippen LogP contribution is -2.21. The maximum absolute atomic E-state index is 5.56. The summed E-state index contributed by atoms with van der Waals surface area (Å²) in [5.74, 6) is 0.938. The molecule has 4 heteroatoms. The fraction of sp³-hybridized carbons (Fsp3) is 0.375. The molecule has 2 rings (SSSR count). The second kappa shape index (κ2) is 8.61. The predicted octanol–water partition coefficient (Wildman–Crippen LogP) is 3.74. The number of benzene rings is 1. The van der Waals surface area contributed by atoms with Crippen molar-refractivity contribution in [3.05, 3.63) is 46.7 Å². The molecule has 1 aromatic carbocycles. The van der Waals surface area contributed by atoms with Crippen LogP contribution in [-0.2, 0) is 6.54 Å². The van der Waals surface area contributed by atoms with Crippen molar-refractivity contribution in [3.8, 4) is 5.75 Å². The third-order valence-corrected chi connectivity index (χ3v) is 3.71. The first-order valence-corrected chi connectivity index (χ1v) is 7.96. The van der Waals surface area contributed by atoms with E-state index in [0.717, 1.165) is 44.1 Å². The second-order valence-corrected chi connectivity index (χ2v) is 5.59. The molecule has 20 heavy (non-hydrogen) atoms. The average molecular weight is 290 g/mol. The molecule has 0 atom stereocenters. The Labute approximate surface area is 125 Å². The number of anilines is 1. The normalized spacial score (nSPS) is 10.4. The maximum atomic E-state index is 5.56. The van der Waals surface area contributed by atoms with E-state index in [0.29, 0.717) is 0 Å². The summed E-state index contributed by atoms with van der Waals surface area (Å²) in [6.45, 7) is 5.70. The van der Waals surface area contributed by atoms with E-state index >= 15 is 0 Å². The zero-order chi connectivity index (χ0) is 14.0. The van der Waals surface area contributed by atoms with E-state index in [9.17, 15) is 0 Å². The fourth-order valence-corrected chi connectivity index (χ4v) is 2.48. The van der Waals surface area contributed by atoms with Gasteiger partial charge in [0.25, 0.3) is 0 Å². The number of rotatable bonds is 9. The van der Waals surface area contributed by atoms with E-state index in [1.54, 1.807) is 11.3 Å². The van der Waals surface area contributed by atoms with Crippen molar-refractivity contribution < 1.29 is 4.74 Å². The maximum Gasteiger partial charge on any atom is 0.119 e. The lowest BCUT2D eigenvalue weighted by Gasteiger charge is -2.09. The molecule has 0 aliphatic heterocycles. The average Bonchev–Trinajstić information content (AvgIpc) is 2.99. The molecular weight excluding hydrogens is 268 g/mol. The van der Waals surface area contributed by atoms with Crippen molar-refractivity contribution in [2.75, 3.05) is 25.0 Å². The van der Waals surface area contributed by atoms with Gasteiger partial charge in [-0.3, -0.25) is 0 Å². The van der Waals surface area contributed by atoms with E-state index < -0.39 is 0 Å². The van der Waals surface area contributed by atoms with Gasteiger partial charge < -0.3 is 15.4 Å². The van der Waals surface area contributed by atoms with E-state index in [-0.39, 0.29) is 0 Å². The minimum atomic E-state index is 0.777. The first-order chi connectivity index (χ1) is 9.88. The van der Waals surface area contributed by atoms with Crippen LogP contribution in [0.4, 0.5) is 5.69 Å². The van der Waals surface area contributed by atoms with Crippen molar-refractivity contribution in [1.82, 2.24) is 5.32 Å². The molecule has 0 unspecified atom stereocenters. The Kier molecular flexibility index (Phi) is 6.41. The number of hydrogen-bond donors (Lipinski definition) is 2.